The number of carbonyl (C=O) groups is 1. The van der Waals surface area contributed by atoms with Crippen LogP contribution in [0, 0.1) is 5.92 Å². The first kappa shape index (κ1) is 27.3. The molecule has 214 valence electrons. The smallest absolute Gasteiger partial charge is 0.232 e. The molecular formula is C37H34N4OS. The Hall–Kier alpha value is -4.55. The quantitative estimate of drug-likeness (QED) is 0.169. The minimum Gasteiger partial charge on any atom is -0.319 e. The van der Waals surface area contributed by atoms with E-state index in [9.17, 15) is 4.79 Å². The third-order valence-corrected chi connectivity index (χ3v) is 9.71. The van der Waals surface area contributed by atoms with Gasteiger partial charge in [0.05, 0.1) is 28.8 Å². The number of imidazole rings is 1. The average Bonchev–Trinajstić information content (AvgIpc) is 3.73. The zero-order valence-corrected chi connectivity index (χ0v) is 24.9. The van der Waals surface area contributed by atoms with Crippen LogP contribution in [0.3, 0.4) is 0 Å². The van der Waals surface area contributed by atoms with Gasteiger partial charge in [-0.25, -0.2) is 9.97 Å². The number of fused-ring (bicyclic) bond motifs is 1. The molecule has 0 bridgehead atoms. The molecule has 5 nitrogen and oxygen atoms in total. The SMILES string of the molecule is O=C(C1CCCCC1)N(Cc1cn(C(c2ccccc2)(c2ccccc2)c2ccccc2)cn1)c1nc2ccccc2s1. The summed E-state index contributed by atoms with van der Waals surface area (Å²) in [7, 11) is 0. The fraction of sp³-hybridized carbons (Fsp3) is 0.216. The van der Waals surface area contributed by atoms with Crippen molar-refractivity contribution in [2.75, 3.05) is 4.90 Å². The monoisotopic (exact) mass is 582 g/mol. The Morgan fingerprint density at radius 3 is 1.91 bits per heavy atom. The third-order valence-electron chi connectivity index (χ3n) is 8.65. The summed E-state index contributed by atoms with van der Waals surface area (Å²) in [6.45, 7) is 0.372. The molecule has 4 aromatic carbocycles. The Bertz CT molecular complexity index is 1680. The van der Waals surface area contributed by atoms with Gasteiger partial charge < -0.3 is 4.57 Å². The van der Waals surface area contributed by atoms with Crippen LogP contribution in [0.5, 0.6) is 0 Å². The topological polar surface area (TPSA) is 51.0 Å². The van der Waals surface area contributed by atoms with Gasteiger partial charge in [0.1, 0.15) is 5.54 Å². The standard InChI is InChI=1S/C37H34N4OS/c42-35(28-15-5-1-6-16-28)41(36-39-33-23-13-14-24-34(33)43-36)26-32-25-40(27-38-32)37(29-17-7-2-8-18-29,30-19-9-3-10-20-30)31-21-11-4-12-22-31/h2-4,7-14,17-25,27-28H,1,5-6,15-16,26H2. The highest BCUT2D eigenvalue weighted by Gasteiger charge is 2.39. The fourth-order valence-electron chi connectivity index (χ4n) is 6.56. The van der Waals surface area contributed by atoms with E-state index in [0.717, 1.165) is 63.4 Å². The highest BCUT2D eigenvalue weighted by Crippen LogP contribution is 2.41. The van der Waals surface area contributed by atoms with Crippen molar-refractivity contribution in [2.45, 2.75) is 44.2 Å². The summed E-state index contributed by atoms with van der Waals surface area (Å²) < 4.78 is 3.30. The van der Waals surface area contributed by atoms with Crippen molar-refractivity contribution in [3.63, 3.8) is 0 Å². The molecule has 0 atom stereocenters. The van der Waals surface area contributed by atoms with Gasteiger partial charge in [-0.1, -0.05) is 134 Å². The number of rotatable bonds is 8. The van der Waals surface area contributed by atoms with E-state index in [4.69, 9.17) is 9.97 Å². The second kappa shape index (κ2) is 12.0. The van der Waals surface area contributed by atoms with E-state index in [0.29, 0.717) is 6.54 Å². The van der Waals surface area contributed by atoms with Crippen LogP contribution in [0.1, 0.15) is 54.5 Å². The molecule has 1 aliphatic rings. The molecule has 0 radical (unpaired) electrons. The molecule has 0 N–H and O–H groups in total. The van der Waals surface area contributed by atoms with E-state index >= 15 is 0 Å². The third kappa shape index (κ3) is 5.17. The summed E-state index contributed by atoms with van der Waals surface area (Å²) in [6.07, 6.45) is 9.32. The predicted octanol–water partition coefficient (Wildman–Crippen LogP) is 8.45. The predicted molar refractivity (Wildman–Crippen MR) is 174 cm³/mol. The molecule has 1 aliphatic carbocycles. The maximum atomic E-state index is 14.1. The van der Waals surface area contributed by atoms with Crippen LogP contribution >= 0.6 is 11.3 Å². The number of benzene rings is 4. The minimum atomic E-state index is -0.650. The number of amides is 1. The van der Waals surface area contributed by atoms with E-state index in [-0.39, 0.29) is 11.8 Å². The lowest BCUT2D eigenvalue weighted by Crippen LogP contribution is -2.37. The summed E-state index contributed by atoms with van der Waals surface area (Å²) in [5.41, 5.74) is 4.51. The molecule has 1 amide bonds. The number of carbonyl (C=O) groups excluding carboxylic acids is 1. The van der Waals surface area contributed by atoms with Gasteiger partial charge in [-0.2, -0.15) is 0 Å². The van der Waals surface area contributed by atoms with Crippen LogP contribution in [0.25, 0.3) is 10.2 Å². The van der Waals surface area contributed by atoms with Crippen LogP contribution < -0.4 is 4.90 Å². The molecular weight excluding hydrogens is 549 g/mol. The largest absolute Gasteiger partial charge is 0.319 e. The van der Waals surface area contributed by atoms with Gasteiger partial charge in [0, 0.05) is 12.1 Å². The molecule has 0 saturated heterocycles. The number of hydrogen-bond acceptors (Lipinski definition) is 4. The van der Waals surface area contributed by atoms with E-state index in [1.54, 1.807) is 11.3 Å². The van der Waals surface area contributed by atoms with Gasteiger partial charge in [-0.15, -0.1) is 0 Å². The molecule has 43 heavy (non-hydrogen) atoms. The first-order valence-electron chi connectivity index (χ1n) is 15.1. The molecule has 0 unspecified atom stereocenters. The summed E-state index contributed by atoms with van der Waals surface area (Å²) in [5, 5.41) is 0.742. The van der Waals surface area contributed by atoms with E-state index in [1.165, 1.54) is 6.42 Å². The lowest BCUT2D eigenvalue weighted by atomic mass is 9.77. The molecule has 7 rings (SSSR count). The molecule has 2 aromatic heterocycles. The molecule has 1 saturated carbocycles. The Morgan fingerprint density at radius 2 is 1.33 bits per heavy atom. The van der Waals surface area contributed by atoms with Crippen molar-refractivity contribution >= 4 is 32.6 Å². The van der Waals surface area contributed by atoms with E-state index < -0.39 is 5.54 Å². The summed E-state index contributed by atoms with van der Waals surface area (Å²) in [6, 6.07) is 39.9. The molecule has 6 aromatic rings. The number of nitrogens with zero attached hydrogens (tertiary/aromatic N) is 4. The van der Waals surface area contributed by atoms with Crippen molar-refractivity contribution in [1.82, 2.24) is 14.5 Å². The lowest BCUT2D eigenvalue weighted by molar-refractivity contribution is -0.123. The van der Waals surface area contributed by atoms with Crippen LogP contribution in [0.2, 0.25) is 0 Å². The molecule has 1 fully saturated rings. The van der Waals surface area contributed by atoms with E-state index in [1.807, 2.05) is 29.4 Å². The number of thiazole rings is 1. The van der Waals surface area contributed by atoms with Crippen molar-refractivity contribution in [2.24, 2.45) is 5.92 Å². The molecule has 0 spiro atoms. The van der Waals surface area contributed by atoms with Crippen LogP contribution in [0.15, 0.2) is 128 Å². The summed E-state index contributed by atoms with van der Waals surface area (Å²) in [4.78, 5) is 25.9. The Balaban J connectivity index is 1.34. The summed E-state index contributed by atoms with van der Waals surface area (Å²) >= 11 is 1.58. The van der Waals surface area contributed by atoms with Crippen molar-refractivity contribution in [3.05, 3.63) is 150 Å². The van der Waals surface area contributed by atoms with Crippen LogP contribution in [-0.4, -0.2) is 20.4 Å². The van der Waals surface area contributed by atoms with Gasteiger partial charge in [0.15, 0.2) is 5.13 Å². The van der Waals surface area contributed by atoms with Crippen molar-refractivity contribution < 1.29 is 4.79 Å². The number of aromatic nitrogens is 3. The molecule has 6 heteroatoms. The number of anilines is 1. The Labute approximate surface area is 256 Å². The maximum absolute atomic E-state index is 14.1. The van der Waals surface area contributed by atoms with Gasteiger partial charge in [-0.05, 0) is 41.7 Å². The molecule has 0 aliphatic heterocycles. The Morgan fingerprint density at radius 1 is 0.767 bits per heavy atom. The number of para-hydroxylation sites is 1. The van der Waals surface area contributed by atoms with Gasteiger partial charge >= 0.3 is 0 Å². The second-order valence-electron chi connectivity index (χ2n) is 11.3. The average molecular weight is 583 g/mol. The highest BCUT2D eigenvalue weighted by atomic mass is 32.1. The fourth-order valence-corrected chi connectivity index (χ4v) is 7.53. The number of hydrogen-bond donors (Lipinski definition) is 0. The minimum absolute atomic E-state index is 0.0277. The van der Waals surface area contributed by atoms with Crippen molar-refractivity contribution in [1.29, 1.82) is 0 Å². The zero-order chi connectivity index (χ0) is 29.1. The highest BCUT2D eigenvalue weighted by molar-refractivity contribution is 7.22. The first-order valence-corrected chi connectivity index (χ1v) is 15.9. The van der Waals surface area contributed by atoms with Gasteiger partial charge in [0.25, 0.3) is 0 Å². The second-order valence-corrected chi connectivity index (χ2v) is 12.3. The first-order chi connectivity index (χ1) is 21.2. The normalized spacial score (nSPS) is 14.1. The Kier molecular flexibility index (Phi) is 7.60. The molecule has 2 heterocycles. The van der Waals surface area contributed by atoms with Crippen LogP contribution in [0.4, 0.5) is 5.13 Å². The van der Waals surface area contributed by atoms with Crippen LogP contribution in [-0.2, 0) is 16.9 Å². The van der Waals surface area contributed by atoms with E-state index in [2.05, 4.69) is 108 Å². The van der Waals surface area contributed by atoms with Gasteiger partial charge in [0.2, 0.25) is 5.91 Å². The lowest BCUT2D eigenvalue weighted by Gasteiger charge is -2.37. The van der Waals surface area contributed by atoms with Crippen molar-refractivity contribution in [3.8, 4) is 0 Å². The zero-order valence-electron chi connectivity index (χ0n) is 24.0. The van der Waals surface area contributed by atoms with Gasteiger partial charge in [-0.3, -0.25) is 9.69 Å². The maximum Gasteiger partial charge on any atom is 0.232 e. The summed E-state index contributed by atoms with van der Waals surface area (Å²) in [5.74, 6) is 0.189.